The summed E-state index contributed by atoms with van der Waals surface area (Å²) in [7, 11) is 0. The molecule has 1 aromatic heterocycles. The van der Waals surface area contributed by atoms with Gasteiger partial charge in [-0.3, -0.25) is 14.3 Å². The van der Waals surface area contributed by atoms with Crippen LogP contribution in [-0.2, 0) is 4.74 Å². The second-order valence-electron chi connectivity index (χ2n) is 3.81. The molecule has 0 bridgehead atoms. The lowest BCUT2D eigenvalue weighted by atomic mass is 10.2. The molecule has 3 atom stereocenters. The number of hydrogen-bond donors (Lipinski definition) is 3. The molecule has 1 aliphatic heterocycles. The van der Waals surface area contributed by atoms with E-state index in [1.54, 1.807) is 4.98 Å². The van der Waals surface area contributed by atoms with E-state index in [9.17, 15) is 23.5 Å². The van der Waals surface area contributed by atoms with Crippen molar-refractivity contribution in [2.24, 2.45) is 0 Å². The molecule has 9 heteroatoms. The van der Waals surface area contributed by atoms with Crippen LogP contribution in [0.5, 0.6) is 0 Å². The third-order valence-electron chi connectivity index (χ3n) is 2.44. The van der Waals surface area contributed by atoms with Crippen molar-refractivity contribution in [3.8, 4) is 0 Å². The van der Waals surface area contributed by atoms with Gasteiger partial charge in [0.2, 0.25) is 11.7 Å². The van der Waals surface area contributed by atoms with Crippen LogP contribution in [0.2, 0.25) is 0 Å². The molecule has 1 aliphatic rings. The Bertz CT molecular complexity index is 619. The molecule has 3 N–H and O–H groups in total. The fraction of sp³-hybridized carbons (Fsp3) is 0.556. The largest absolute Gasteiger partial charge is 0.390 e. The van der Waals surface area contributed by atoms with Crippen LogP contribution < -0.4 is 11.2 Å². The van der Waals surface area contributed by atoms with Crippen molar-refractivity contribution < 1.29 is 25.1 Å². The highest BCUT2D eigenvalue weighted by Crippen LogP contribution is 2.36. The number of hydrogen-bond acceptors (Lipinski definition) is 5. The van der Waals surface area contributed by atoms with E-state index < -0.39 is 48.3 Å². The number of aromatic nitrogens is 2. The first-order valence-corrected chi connectivity index (χ1v) is 4.92. The Labute approximate surface area is 99.7 Å². The van der Waals surface area contributed by atoms with Crippen molar-refractivity contribution in [2.75, 3.05) is 6.61 Å². The highest BCUT2D eigenvalue weighted by Gasteiger charge is 2.47. The first kappa shape index (κ1) is 11.5. The van der Waals surface area contributed by atoms with E-state index in [1.807, 2.05) is 0 Å². The summed E-state index contributed by atoms with van der Waals surface area (Å²) >= 11 is 0. The molecule has 0 saturated carbocycles. The molecule has 18 heavy (non-hydrogen) atoms. The smallest absolute Gasteiger partial charge is 0.330 e. The number of nitrogens with one attached hydrogen (secondary N) is 1. The first-order chi connectivity index (χ1) is 8.72. The van der Waals surface area contributed by atoms with E-state index >= 15 is 0 Å². The molecule has 1 fully saturated rings. The van der Waals surface area contributed by atoms with Gasteiger partial charge in [-0.2, -0.15) is 4.39 Å². The van der Waals surface area contributed by atoms with Gasteiger partial charge in [-0.05, 0) is 0 Å². The van der Waals surface area contributed by atoms with Crippen LogP contribution in [0, 0.1) is 5.82 Å². The number of alkyl halides is 1. The second-order valence-corrected chi connectivity index (χ2v) is 3.81. The van der Waals surface area contributed by atoms with Crippen molar-refractivity contribution in [3.05, 3.63) is 32.9 Å². The zero-order valence-corrected chi connectivity index (χ0v) is 8.89. The second kappa shape index (κ2) is 4.26. The Hall–Kier alpha value is -1.58. The quantitative estimate of drug-likeness (QED) is 0.611. The maximum absolute atomic E-state index is 13.8. The van der Waals surface area contributed by atoms with Gasteiger partial charge in [-0.25, -0.2) is 9.18 Å². The van der Waals surface area contributed by atoms with Gasteiger partial charge >= 0.3 is 5.69 Å². The van der Waals surface area contributed by atoms with Crippen LogP contribution in [0.25, 0.3) is 0 Å². The molecule has 0 aromatic carbocycles. The monoisotopic (exact) mass is 265 g/mol. The van der Waals surface area contributed by atoms with Crippen molar-refractivity contribution in [1.82, 2.24) is 9.55 Å². The molecule has 0 aliphatic carbocycles. The van der Waals surface area contributed by atoms with Crippen LogP contribution in [0.4, 0.5) is 8.78 Å². The Balaban J connectivity index is 2.55. The standard InChI is InChI=1S/C9H10F2N2O5/c10-4-2-13(8(17)12-6(4)16)7-5(15)1-9(11,3-14)18-7/h2,5,7,14-15H,1,3H2,(H,12,16,17)/t5-,7-,9+/m1/s1/i7D. The molecule has 0 radical (unpaired) electrons. The lowest BCUT2D eigenvalue weighted by Crippen LogP contribution is -2.37. The van der Waals surface area contributed by atoms with E-state index in [0.29, 0.717) is 6.20 Å². The molecule has 1 aromatic rings. The molecule has 0 amide bonds. The Morgan fingerprint density at radius 1 is 1.72 bits per heavy atom. The highest BCUT2D eigenvalue weighted by molar-refractivity contribution is 4.93. The van der Waals surface area contributed by atoms with Crippen LogP contribution >= 0.6 is 0 Å². The maximum Gasteiger partial charge on any atom is 0.330 e. The Morgan fingerprint density at radius 2 is 2.39 bits per heavy atom. The number of H-pyrrole nitrogens is 1. The lowest BCUT2D eigenvalue weighted by molar-refractivity contribution is -0.181. The molecule has 7 nitrogen and oxygen atoms in total. The van der Waals surface area contributed by atoms with Crippen molar-refractivity contribution >= 4 is 0 Å². The van der Waals surface area contributed by atoms with Gasteiger partial charge in [0.15, 0.2) is 6.20 Å². The number of nitrogens with zero attached hydrogens (tertiary/aromatic N) is 1. The third kappa shape index (κ3) is 2.07. The molecule has 2 heterocycles. The van der Waals surface area contributed by atoms with Crippen LogP contribution in [0.3, 0.4) is 0 Å². The van der Waals surface area contributed by atoms with Crippen LogP contribution in [-0.4, -0.2) is 38.3 Å². The average Bonchev–Trinajstić information content (AvgIpc) is 2.56. The summed E-state index contributed by atoms with van der Waals surface area (Å²) in [6, 6.07) is 0. The summed E-state index contributed by atoms with van der Waals surface area (Å²) in [6.07, 6.45) is -4.96. The SMILES string of the molecule is [2H][C@@]1(n2cc(F)c(=O)[nH]c2=O)O[C@](F)(CO)C[C@H]1O. The van der Waals surface area contributed by atoms with Gasteiger partial charge in [-0.15, -0.1) is 0 Å². The number of aliphatic hydroxyl groups excluding tert-OH is 2. The summed E-state index contributed by atoms with van der Waals surface area (Å²) in [6.45, 7) is -1.15. The first-order valence-electron chi connectivity index (χ1n) is 5.42. The Morgan fingerprint density at radius 3 is 2.94 bits per heavy atom. The number of ether oxygens (including phenoxy) is 1. The predicted octanol–water partition coefficient (Wildman–Crippen LogP) is -1.39. The van der Waals surface area contributed by atoms with Crippen molar-refractivity contribution in [3.63, 3.8) is 0 Å². The molecule has 1 saturated heterocycles. The summed E-state index contributed by atoms with van der Waals surface area (Å²) in [5.41, 5.74) is -2.56. The van der Waals surface area contributed by atoms with Crippen molar-refractivity contribution in [1.29, 1.82) is 0 Å². The molecular weight excluding hydrogens is 254 g/mol. The fourth-order valence-electron chi connectivity index (χ4n) is 1.59. The third-order valence-corrected chi connectivity index (χ3v) is 2.44. The minimum Gasteiger partial charge on any atom is -0.390 e. The number of halogens is 2. The lowest BCUT2D eigenvalue weighted by Gasteiger charge is -2.19. The minimum atomic E-state index is -2.73. The summed E-state index contributed by atoms with van der Waals surface area (Å²) in [5.74, 6) is -4.13. The molecule has 2 rings (SSSR count). The average molecular weight is 265 g/mol. The topological polar surface area (TPSA) is 105 Å². The highest BCUT2D eigenvalue weighted by atomic mass is 19.2. The van der Waals surface area contributed by atoms with E-state index in [1.165, 1.54) is 0 Å². The van der Waals surface area contributed by atoms with E-state index in [4.69, 9.17) is 6.48 Å². The fourth-order valence-corrected chi connectivity index (χ4v) is 1.59. The van der Waals surface area contributed by atoms with Gasteiger partial charge in [-0.1, -0.05) is 0 Å². The zero-order chi connectivity index (χ0) is 14.4. The molecule has 0 spiro atoms. The molecule has 0 unspecified atom stereocenters. The van der Waals surface area contributed by atoms with Crippen LogP contribution in [0.1, 0.15) is 14.0 Å². The van der Waals surface area contributed by atoms with Gasteiger partial charge in [0.1, 0.15) is 12.7 Å². The number of rotatable bonds is 2. The van der Waals surface area contributed by atoms with E-state index in [-0.39, 0.29) is 4.57 Å². The molecular formula is C9H10F2N2O5. The summed E-state index contributed by atoms with van der Waals surface area (Å²) < 4.78 is 39.4. The zero-order valence-electron chi connectivity index (χ0n) is 9.89. The van der Waals surface area contributed by atoms with Crippen molar-refractivity contribution in [2.45, 2.75) is 24.6 Å². The number of aliphatic hydroxyl groups is 2. The molecule has 100 valence electrons. The van der Waals surface area contributed by atoms with E-state index in [2.05, 4.69) is 4.74 Å². The van der Waals surface area contributed by atoms with E-state index in [0.717, 1.165) is 0 Å². The predicted molar refractivity (Wildman–Crippen MR) is 53.0 cm³/mol. The maximum atomic E-state index is 13.8. The summed E-state index contributed by atoms with van der Waals surface area (Å²) in [4.78, 5) is 23.9. The Kier molecular flexibility index (Phi) is 2.73. The minimum absolute atomic E-state index is 0.214. The normalized spacial score (nSPS) is 36.7. The van der Waals surface area contributed by atoms with Crippen LogP contribution in [0.15, 0.2) is 15.8 Å². The van der Waals surface area contributed by atoms with Gasteiger partial charge in [0.25, 0.3) is 5.56 Å². The van der Waals surface area contributed by atoms with Gasteiger partial charge < -0.3 is 14.9 Å². The van der Waals surface area contributed by atoms with Gasteiger partial charge in [0.05, 0.1) is 7.57 Å². The van der Waals surface area contributed by atoms with Gasteiger partial charge in [0, 0.05) is 6.42 Å². The summed E-state index contributed by atoms with van der Waals surface area (Å²) in [5, 5.41) is 18.4. The number of aromatic amines is 1.